The summed E-state index contributed by atoms with van der Waals surface area (Å²) in [5.41, 5.74) is 0.196. The molecule has 2 aromatic heterocycles. The van der Waals surface area contributed by atoms with E-state index in [0.717, 1.165) is 10.1 Å². The number of carbonyl (C=O) groups excluding carboxylic acids is 2. The first kappa shape index (κ1) is 23.2. The van der Waals surface area contributed by atoms with E-state index in [1.54, 1.807) is 19.1 Å². The molecule has 1 amide bonds. The predicted molar refractivity (Wildman–Crippen MR) is 113 cm³/mol. The lowest BCUT2D eigenvalue weighted by Gasteiger charge is -2.08. The second-order valence-corrected chi connectivity index (χ2v) is 8.46. The van der Waals surface area contributed by atoms with Gasteiger partial charge in [0.2, 0.25) is 21.6 Å². The van der Waals surface area contributed by atoms with Crippen LogP contribution < -0.4 is 16.0 Å². The highest BCUT2D eigenvalue weighted by Crippen LogP contribution is 2.21. The molecule has 3 aromatic rings. The number of esters is 1. The van der Waals surface area contributed by atoms with Gasteiger partial charge < -0.3 is 14.5 Å². The summed E-state index contributed by atoms with van der Waals surface area (Å²) < 4.78 is 34.0. The Hall–Kier alpha value is -3.51. The van der Waals surface area contributed by atoms with Crippen molar-refractivity contribution in [1.29, 1.82) is 0 Å². The lowest BCUT2D eigenvalue weighted by molar-refractivity contribution is -0.121. The molecule has 0 spiro atoms. The highest BCUT2D eigenvalue weighted by atomic mass is 32.2. The van der Waals surface area contributed by atoms with Gasteiger partial charge in [-0.3, -0.25) is 14.2 Å². The molecule has 0 radical (unpaired) electrons. The quantitative estimate of drug-likeness (QED) is 0.456. The van der Waals surface area contributed by atoms with Crippen molar-refractivity contribution in [1.82, 2.24) is 14.9 Å². The number of hydrogen-bond donors (Lipinski definition) is 2. The van der Waals surface area contributed by atoms with E-state index in [4.69, 9.17) is 14.3 Å². The standard InChI is InChI=1S/C20H22N4O7S/c1-3-30-20(27)16-12(2)31-18-17(16)19(26)24(11-23-18)10-15(25)22-9-8-13-4-6-14(7-5-13)32(21,28)29/h4-7,11H,3,8-10H2,1-2H3,(H,22,25)(H2,21,28,29). The minimum atomic E-state index is -3.76. The van der Waals surface area contributed by atoms with Gasteiger partial charge in [0.1, 0.15) is 29.6 Å². The van der Waals surface area contributed by atoms with Crippen LogP contribution in [0.2, 0.25) is 0 Å². The summed E-state index contributed by atoms with van der Waals surface area (Å²) in [4.78, 5) is 41.4. The number of aryl methyl sites for hydroxylation is 1. The van der Waals surface area contributed by atoms with Crippen LogP contribution in [0, 0.1) is 6.92 Å². The van der Waals surface area contributed by atoms with Crippen molar-refractivity contribution >= 4 is 33.0 Å². The summed E-state index contributed by atoms with van der Waals surface area (Å²) in [5, 5.41) is 7.70. The van der Waals surface area contributed by atoms with Crippen molar-refractivity contribution in [3.05, 3.63) is 57.8 Å². The van der Waals surface area contributed by atoms with Gasteiger partial charge in [0.15, 0.2) is 0 Å². The third-order valence-corrected chi connectivity index (χ3v) is 5.57. The molecule has 0 saturated heterocycles. The molecular weight excluding hydrogens is 440 g/mol. The maximum atomic E-state index is 12.8. The van der Waals surface area contributed by atoms with E-state index in [-0.39, 0.29) is 47.0 Å². The van der Waals surface area contributed by atoms with Gasteiger partial charge in [0.05, 0.1) is 11.5 Å². The minimum Gasteiger partial charge on any atom is -0.462 e. The van der Waals surface area contributed by atoms with E-state index in [0.29, 0.717) is 6.42 Å². The molecule has 1 aromatic carbocycles. The SMILES string of the molecule is CCOC(=O)c1c(C)oc2ncn(CC(=O)NCCc3ccc(S(N)(=O)=O)cc3)c(=O)c12. The fourth-order valence-corrected chi connectivity index (χ4v) is 3.62. The minimum absolute atomic E-state index is 0.00273. The molecule has 0 aliphatic carbocycles. The highest BCUT2D eigenvalue weighted by molar-refractivity contribution is 7.89. The third-order valence-electron chi connectivity index (χ3n) is 4.64. The number of aromatic nitrogens is 2. The molecule has 170 valence electrons. The topological polar surface area (TPSA) is 164 Å². The summed E-state index contributed by atoms with van der Waals surface area (Å²) in [6.45, 7) is 3.26. The monoisotopic (exact) mass is 462 g/mol. The Bertz CT molecular complexity index is 1320. The number of benzene rings is 1. The number of sulfonamides is 1. The first-order valence-electron chi connectivity index (χ1n) is 9.66. The highest BCUT2D eigenvalue weighted by Gasteiger charge is 2.24. The van der Waals surface area contributed by atoms with Crippen molar-refractivity contribution in [3.63, 3.8) is 0 Å². The Labute approximate surface area is 183 Å². The Kier molecular flexibility index (Phi) is 6.75. The van der Waals surface area contributed by atoms with Crippen molar-refractivity contribution in [2.24, 2.45) is 5.14 Å². The largest absolute Gasteiger partial charge is 0.462 e. The smallest absolute Gasteiger partial charge is 0.342 e. The Balaban J connectivity index is 1.68. The number of nitrogens with two attached hydrogens (primary N) is 1. The summed E-state index contributed by atoms with van der Waals surface area (Å²) in [6, 6.07) is 5.99. The molecule has 12 heteroatoms. The van der Waals surface area contributed by atoms with Crippen molar-refractivity contribution < 1.29 is 27.2 Å². The Morgan fingerprint density at radius 2 is 1.94 bits per heavy atom. The normalized spacial score (nSPS) is 11.5. The van der Waals surface area contributed by atoms with Crippen LogP contribution in [0.3, 0.4) is 0 Å². The number of ether oxygens (including phenoxy) is 1. The van der Waals surface area contributed by atoms with Gasteiger partial charge in [-0.25, -0.2) is 23.3 Å². The van der Waals surface area contributed by atoms with E-state index >= 15 is 0 Å². The molecule has 11 nitrogen and oxygen atoms in total. The molecule has 0 saturated carbocycles. The Morgan fingerprint density at radius 3 is 2.56 bits per heavy atom. The predicted octanol–water partition coefficient (Wildman–Crippen LogP) is 0.481. The number of carbonyl (C=O) groups is 2. The van der Waals surface area contributed by atoms with E-state index in [9.17, 15) is 22.8 Å². The third kappa shape index (κ3) is 5.03. The molecule has 32 heavy (non-hydrogen) atoms. The number of fused-ring (bicyclic) bond motifs is 1. The van der Waals surface area contributed by atoms with E-state index < -0.39 is 27.5 Å². The summed E-state index contributed by atoms with van der Waals surface area (Å²) in [5.74, 6) is -0.927. The zero-order valence-electron chi connectivity index (χ0n) is 17.5. The molecule has 0 bridgehead atoms. The molecule has 3 rings (SSSR count). The van der Waals surface area contributed by atoms with Crippen LogP contribution in [0.5, 0.6) is 0 Å². The van der Waals surface area contributed by atoms with Crippen LogP contribution in [-0.2, 0) is 32.5 Å². The zero-order valence-corrected chi connectivity index (χ0v) is 18.3. The lowest BCUT2D eigenvalue weighted by Crippen LogP contribution is -2.33. The first-order valence-corrected chi connectivity index (χ1v) is 11.2. The van der Waals surface area contributed by atoms with Crippen LogP contribution in [0.1, 0.15) is 28.6 Å². The molecule has 3 N–H and O–H groups in total. The van der Waals surface area contributed by atoms with Gasteiger partial charge in [-0.05, 0) is 38.0 Å². The van der Waals surface area contributed by atoms with Crippen LogP contribution in [0.4, 0.5) is 0 Å². The van der Waals surface area contributed by atoms with Gasteiger partial charge in [0, 0.05) is 6.54 Å². The number of primary sulfonamides is 1. The van der Waals surface area contributed by atoms with Crippen molar-refractivity contribution in [3.8, 4) is 0 Å². The second-order valence-electron chi connectivity index (χ2n) is 6.90. The maximum Gasteiger partial charge on any atom is 0.342 e. The number of rotatable bonds is 8. The van der Waals surface area contributed by atoms with Crippen LogP contribution >= 0.6 is 0 Å². The molecular formula is C20H22N4O7S. The molecule has 0 unspecified atom stereocenters. The summed E-state index contributed by atoms with van der Waals surface area (Å²) in [6.07, 6.45) is 1.62. The number of hydrogen-bond acceptors (Lipinski definition) is 8. The van der Waals surface area contributed by atoms with Gasteiger partial charge >= 0.3 is 5.97 Å². The van der Waals surface area contributed by atoms with Crippen LogP contribution in [-0.4, -0.2) is 43.0 Å². The van der Waals surface area contributed by atoms with Crippen LogP contribution in [0.25, 0.3) is 11.1 Å². The van der Waals surface area contributed by atoms with E-state index in [2.05, 4.69) is 10.3 Å². The van der Waals surface area contributed by atoms with Crippen molar-refractivity contribution in [2.75, 3.05) is 13.2 Å². The maximum absolute atomic E-state index is 12.8. The molecule has 0 atom stereocenters. The van der Waals surface area contributed by atoms with Gasteiger partial charge in [-0.15, -0.1) is 0 Å². The number of nitrogens with zero attached hydrogens (tertiary/aromatic N) is 2. The summed E-state index contributed by atoms with van der Waals surface area (Å²) >= 11 is 0. The van der Waals surface area contributed by atoms with E-state index in [1.807, 2.05) is 0 Å². The van der Waals surface area contributed by atoms with Crippen LogP contribution in [0.15, 0.2) is 44.7 Å². The zero-order chi connectivity index (χ0) is 23.5. The lowest BCUT2D eigenvalue weighted by atomic mass is 10.1. The van der Waals surface area contributed by atoms with E-state index in [1.165, 1.54) is 25.4 Å². The average molecular weight is 462 g/mol. The average Bonchev–Trinajstić information content (AvgIpc) is 3.07. The fourth-order valence-electron chi connectivity index (χ4n) is 3.10. The molecule has 0 fully saturated rings. The number of furan rings is 1. The first-order chi connectivity index (χ1) is 15.1. The van der Waals surface area contributed by atoms with Gasteiger partial charge in [-0.1, -0.05) is 12.1 Å². The second kappa shape index (κ2) is 9.32. The molecule has 0 aliphatic rings. The Morgan fingerprint density at radius 1 is 1.25 bits per heavy atom. The fraction of sp³-hybridized carbons (Fsp3) is 0.300. The number of amides is 1. The van der Waals surface area contributed by atoms with Gasteiger partial charge in [-0.2, -0.15) is 0 Å². The molecule has 0 aliphatic heterocycles. The van der Waals surface area contributed by atoms with Gasteiger partial charge in [0.25, 0.3) is 5.56 Å². The molecule has 2 heterocycles. The van der Waals surface area contributed by atoms with Crippen molar-refractivity contribution in [2.45, 2.75) is 31.7 Å². The summed E-state index contributed by atoms with van der Waals surface area (Å²) in [7, 11) is -3.76. The number of nitrogens with one attached hydrogen (secondary N) is 1.